The SMILES string of the molecule is CN=C(NCc1nncn1C)NCC1(c2ccc(OC)c(OC)c2)CCCCC1. The van der Waals surface area contributed by atoms with Gasteiger partial charge in [0, 0.05) is 26.1 Å². The number of benzene rings is 1. The molecule has 0 bridgehead atoms. The van der Waals surface area contributed by atoms with Crippen molar-refractivity contribution in [2.75, 3.05) is 27.8 Å². The van der Waals surface area contributed by atoms with Gasteiger partial charge in [0.05, 0.1) is 20.8 Å². The van der Waals surface area contributed by atoms with Crippen molar-refractivity contribution in [3.8, 4) is 11.5 Å². The Hall–Kier alpha value is -2.77. The third kappa shape index (κ3) is 4.81. The van der Waals surface area contributed by atoms with E-state index in [2.05, 4.69) is 38.0 Å². The minimum Gasteiger partial charge on any atom is -0.493 e. The Balaban J connectivity index is 1.74. The maximum Gasteiger partial charge on any atom is 0.191 e. The van der Waals surface area contributed by atoms with Crippen LogP contribution < -0.4 is 20.1 Å². The zero-order valence-electron chi connectivity index (χ0n) is 17.9. The lowest BCUT2D eigenvalue weighted by atomic mass is 9.69. The van der Waals surface area contributed by atoms with Gasteiger partial charge >= 0.3 is 0 Å². The largest absolute Gasteiger partial charge is 0.493 e. The van der Waals surface area contributed by atoms with E-state index in [1.54, 1.807) is 27.6 Å². The minimum atomic E-state index is 0.0419. The Bertz CT molecular complexity index is 826. The summed E-state index contributed by atoms with van der Waals surface area (Å²) < 4.78 is 12.9. The summed E-state index contributed by atoms with van der Waals surface area (Å²) in [5, 5.41) is 14.9. The normalized spacial score (nSPS) is 16.3. The van der Waals surface area contributed by atoms with E-state index in [0.29, 0.717) is 6.54 Å². The van der Waals surface area contributed by atoms with Crippen LogP contribution in [0.4, 0.5) is 0 Å². The monoisotopic (exact) mass is 400 g/mol. The molecule has 2 N–H and O–H groups in total. The first kappa shape index (κ1) is 21.0. The Morgan fingerprint density at radius 2 is 1.90 bits per heavy atom. The minimum absolute atomic E-state index is 0.0419. The van der Waals surface area contributed by atoms with Crippen molar-refractivity contribution in [2.24, 2.45) is 12.0 Å². The van der Waals surface area contributed by atoms with Crippen LogP contribution in [-0.2, 0) is 19.0 Å². The molecule has 0 aliphatic heterocycles. The summed E-state index contributed by atoms with van der Waals surface area (Å²) in [5.41, 5.74) is 1.33. The summed E-state index contributed by atoms with van der Waals surface area (Å²) in [6, 6.07) is 6.30. The van der Waals surface area contributed by atoms with Gasteiger partial charge in [-0.15, -0.1) is 10.2 Å². The lowest BCUT2D eigenvalue weighted by Crippen LogP contribution is -2.46. The molecular formula is C21H32N6O2. The van der Waals surface area contributed by atoms with Gasteiger partial charge in [-0.2, -0.15) is 0 Å². The number of nitrogens with one attached hydrogen (secondary N) is 2. The molecule has 1 fully saturated rings. The van der Waals surface area contributed by atoms with Crippen molar-refractivity contribution in [3.05, 3.63) is 35.9 Å². The lowest BCUT2D eigenvalue weighted by molar-refractivity contribution is 0.288. The maximum atomic E-state index is 5.55. The number of aromatic nitrogens is 3. The Morgan fingerprint density at radius 3 is 2.52 bits per heavy atom. The first-order chi connectivity index (χ1) is 14.1. The molecule has 0 radical (unpaired) electrons. The van der Waals surface area contributed by atoms with Gasteiger partial charge in [-0.25, -0.2) is 0 Å². The molecule has 158 valence electrons. The predicted molar refractivity (Wildman–Crippen MR) is 114 cm³/mol. The first-order valence-corrected chi connectivity index (χ1v) is 10.1. The highest BCUT2D eigenvalue weighted by Crippen LogP contribution is 2.42. The van der Waals surface area contributed by atoms with Crippen LogP contribution in [0.15, 0.2) is 29.5 Å². The zero-order chi connectivity index (χ0) is 20.7. The number of guanidine groups is 1. The number of aliphatic imine (C=N–C) groups is 1. The Labute approximate surface area is 172 Å². The summed E-state index contributed by atoms with van der Waals surface area (Å²) >= 11 is 0. The molecule has 1 heterocycles. The molecule has 3 rings (SSSR count). The van der Waals surface area contributed by atoms with E-state index in [-0.39, 0.29) is 5.41 Å². The van der Waals surface area contributed by atoms with Gasteiger partial charge in [0.2, 0.25) is 0 Å². The predicted octanol–water partition coefficient (Wildman–Crippen LogP) is 2.40. The van der Waals surface area contributed by atoms with Gasteiger partial charge in [-0.05, 0) is 30.5 Å². The van der Waals surface area contributed by atoms with Crippen LogP contribution in [0.1, 0.15) is 43.5 Å². The van der Waals surface area contributed by atoms with E-state index in [1.165, 1.54) is 24.8 Å². The van der Waals surface area contributed by atoms with E-state index < -0.39 is 0 Å². The molecule has 29 heavy (non-hydrogen) atoms. The van der Waals surface area contributed by atoms with Crippen LogP contribution >= 0.6 is 0 Å². The molecule has 1 aliphatic rings. The molecule has 8 heteroatoms. The number of ether oxygens (including phenoxy) is 2. The van der Waals surface area contributed by atoms with Crippen molar-refractivity contribution in [2.45, 2.75) is 44.1 Å². The second-order valence-electron chi connectivity index (χ2n) is 7.55. The van der Waals surface area contributed by atoms with E-state index >= 15 is 0 Å². The third-order valence-electron chi connectivity index (χ3n) is 5.84. The molecule has 1 aromatic carbocycles. The molecular weight excluding hydrogens is 368 g/mol. The van der Waals surface area contributed by atoms with Crippen LogP contribution in [0.3, 0.4) is 0 Å². The van der Waals surface area contributed by atoms with E-state index in [4.69, 9.17) is 9.47 Å². The van der Waals surface area contributed by atoms with Crippen LogP contribution in [0, 0.1) is 0 Å². The van der Waals surface area contributed by atoms with E-state index in [9.17, 15) is 0 Å². The van der Waals surface area contributed by atoms with Gasteiger partial charge in [0.1, 0.15) is 6.33 Å². The number of nitrogens with zero attached hydrogens (tertiary/aromatic N) is 4. The molecule has 0 amide bonds. The summed E-state index contributed by atoms with van der Waals surface area (Å²) in [4.78, 5) is 4.38. The summed E-state index contributed by atoms with van der Waals surface area (Å²) in [7, 11) is 7.07. The van der Waals surface area contributed by atoms with Crippen LogP contribution in [0.5, 0.6) is 11.5 Å². The van der Waals surface area contributed by atoms with Crippen molar-refractivity contribution in [3.63, 3.8) is 0 Å². The van der Waals surface area contributed by atoms with Crippen molar-refractivity contribution >= 4 is 5.96 Å². The first-order valence-electron chi connectivity index (χ1n) is 10.1. The van der Waals surface area contributed by atoms with Gasteiger partial charge in [-0.3, -0.25) is 4.99 Å². The van der Waals surface area contributed by atoms with Crippen molar-refractivity contribution < 1.29 is 9.47 Å². The molecule has 0 unspecified atom stereocenters. The second kappa shape index (κ2) is 9.62. The quantitative estimate of drug-likeness (QED) is 0.548. The van der Waals surface area contributed by atoms with Crippen LogP contribution in [0.25, 0.3) is 0 Å². The zero-order valence-corrected chi connectivity index (χ0v) is 17.9. The number of hydrogen-bond acceptors (Lipinski definition) is 5. The number of methoxy groups -OCH3 is 2. The molecule has 2 aromatic rings. The van der Waals surface area contributed by atoms with Gasteiger partial charge in [-0.1, -0.05) is 25.3 Å². The molecule has 0 spiro atoms. The average Bonchev–Trinajstić information content (AvgIpc) is 3.18. The fourth-order valence-corrected chi connectivity index (χ4v) is 4.07. The second-order valence-corrected chi connectivity index (χ2v) is 7.55. The molecule has 8 nitrogen and oxygen atoms in total. The summed E-state index contributed by atoms with van der Waals surface area (Å²) in [6.45, 7) is 1.38. The maximum absolute atomic E-state index is 5.55. The van der Waals surface area contributed by atoms with Gasteiger partial charge in [0.15, 0.2) is 23.3 Å². The molecule has 1 aromatic heterocycles. The van der Waals surface area contributed by atoms with Crippen molar-refractivity contribution in [1.82, 2.24) is 25.4 Å². The Morgan fingerprint density at radius 1 is 1.14 bits per heavy atom. The highest BCUT2D eigenvalue weighted by atomic mass is 16.5. The highest BCUT2D eigenvalue weighted by molar-refractivity contribution is 5.79. The van der Waals surface area contributed by atoms with E-state index in [1.807, 2.05) is 17.7 Å². The third-order valence-corrected chi connectivity index (χ3v) is 5.84. The fourth-order valence-electron chi connectivity index (χ4n) is 4.07. The number of rotatable bonds is 7. The molecule has 1 aliphatic carbocycles. The fraction of sp³-hybridized carbons (Fsp3) is 0.571. The summed E-state index contributed by atoms with van der Waals surface area (Å²) in [6.07, 6.45) is 7.70. The van der Waals surface area contributed by atoms with Crippen LogP contribution in [0.2, 0.25) is 0 Å². The average molecular weight is 401 g/mol. The van der Waals surface area contributed by atoms with Gasteiger partial charge < -0.3 is 24.7 Å². The van der Waals surface area contributed by atoms with E-state index in [0.717, 1.165) is 42.7 Å². The standard InChI is InChI=1S/C21H32N6O2/c1-22-20(23-13-19-26-25-15-27(19)2)24-14-21(10-6-5-7-11-21)16-8-9-17(28-3)18(12-16)29-4/h8-9,12,15H,5-7,10-11,13-14H2,1-4H3,(H2,22,23,24). The number of aryl methyl sites for hydroxylation is 1. The molecule has 1 saturated carbocycles. The Kier molecular flexibility index (Phi) is 6.95. The highest BCUT2D eigenvalue weighted by Gasteiger charge is 2.34. The summed E-state index contributed by atoms with van der Waals surface area (Å²) in [5.74, 6) is 3.16. The van der Waals surface area contributed by atoms with Crippen molar-refractivity contribution in [1.29, 1.82) is 0 Å². The molecule has 0 saturated heterocycles. The van der Waals surface area contributed by atoms with Gasteiger partial charge in [0.25, 0.3) is 0 Å². The molecule has 0 atom stereocenters. The smallest absolute Gasteiger partial charge is 0.191 e. The topological polar surface area (TPSA) is 85.6 Å². The lowest BCUT2D eigenvalue weighted by Gasteiger charge is -2.38. The number of hydrogen-bond donors (Lipinski definition) is 2. The van der Waals surface area contributed by atoms with Crippen LogP contribution in [-0.4, -0.2) is 48.5 Å².